The van der Waals surface area contributed by atoms with Crippen molar-refractivity contribution in [1.29, 1.82) is 0 Å². The van der Waals surface area contributed by atoms with Gasteiger partial charge in [-0.25, -0.2) is 0 Å². The van der Waals surface area contributed by atoms with E-state index in [1.54, 1.807) is 18.2 Å². The maximum absolute atomic E-state index is 12.4. The van der Waals surface area contributed by atoms with Crippen LogP contribution in [-0.2, 0) is 6.42 Å². The van der Waals surface area contributed by atoms with Gasteiger partial charge in [0.2, 0.25) is 0 Å². The number of fused-ring (bicyclic) bond motifs is 1. The van der Waals surface area contributed by atoms with Gasteiger partial charge in [-0.05, 0) is 62.6 Å². The van der Waals surface area contributed by atoms with E-state index >= 15 is 0 Å². The molecule has 2 aromatic carbocycles. The summed E-state index contributed by atoms with van der Waals surface area (Å²) < 4.78 is 5.85. The van der Waals surface area contributed by atoms with Crippen LogP contribution in [0.5, 0.6) is 23.0 Å². The number of hydrogen-bond acceptors (Lipinski definition) is 5. The molecule has 0 aromatic heterocycles. The van der Waals surface area contributed by atoms with Gasteiger partial charge in [0.1, 0.15) is 17.1 Å². The highest BCUT2D eigenvalue weighted by Crippen LogP contribution is 2.40. The van der Waals surface area contributed by atoms with Crippen LogP contribution >= 0.6 is 0 Å². The molecule has 0 amide bonds. The molecule has 1 aliphatic rings. The van der Waals surface area contributed by atoms with Crippen LogP contribution in [0.2, 0.25) is 0 Å². The fourth-order valence-electron chi connectivity index (χ4n) is 2.83. The molecule has 25 heavy (non-hydrogen) atoms. The highest BCUT2D eigenvalue weighted by atomic mass is 16.5. The summed E-state index contributed by atoms with van der Waals surface area (Å²) in [5, 5.41) is 29.2. The van der Waals surface area contributed by atoms with Crippen molar-refractivity contribution in [2.75, 3.05) is 0 Å². The molecule has 0 aliphatic carbocycles. The second-order valence-electron chi connectivity index (χ2n) is 6.75. The molecule has 3 rings (SSSR count). The van der Waals surface area contributed by atoms with E-state index in [2.05, 4.69) is 0 Å². The summed E-state index contributed by atoms with van der Waals surface area (Å²) in [6.07, 6.45) is 4.24. The molecular formula is C20H20O5. The molecule has 0 unspecified atom stereocenters. The molecule has 5 nitrogen and oxygen atoms in total. The average molecular weight is 340 g/mol. The van der Waals surface area contributed by atoms with Gasteiger partial charge in [-0.3, -0.25) is 4.79 Å². The number of carbonyl (C=O) groups is 1. The van der Waals surface area contributed by atoms with E-state index in [4.69, 9.17) is 4.74 Å². The predicted octanol–water partition coefficient (Wildman–Crippen LogP) is 3.80. The monoisotopic (exact) mass is 340 g/mol. The van der Waals surface area contributed by atoms with Crippen LogP contribution in [0.3, 0.4) is 0 Å². The van der Waals surface area contributed by atoms with E-state index in [9.17, 15) is 20.1 Å². The Morgan fingerprint density at radius 1 is 1.12 bits per heavy atom. The zero-order chi connectivity index (χ0) is 18.2. The number of ketones is 1. The van der Waals surface area contributed by atoms with Gasteiger partial charge in [-0.1, -0.05) is 12.1 Å². The number of benzene rings is 2. The van der Waals surface area contributed by atoms with Crippen LogP contribution in [0.15, 0.2) is 36.4 Å². The van der Waals surface area contributed by atoms with Crippen LogP contribution in [0.1, 0.15) is 41.8 Å². The smallest absolute Gasteiger partial charge is 0.189 e. The fraction of sp³-hybridized carbons (Fsp3) is 0.250. The highest BCUT2D eigenvalue weighted by molar-refractivity contribution is 6.09. The summed E-state index contributed by atoms with van der Waals surface area (Å²) >= 11 is 0. The number of aromatic hydroxyl groups is 3. The number of carbonyl (C=O) groups excluding carboxylic acids is 1. The minimum Gasteiger partial charge on any atom is -0.507 e. The molecule has 130 valence electrons. The lowest BCUT2D eigenvalue weighted by atomic mass is 9.91. The SMILES string of the molecule is CC1(C)CCc2c(ccc(C(=O)/C=C/c3ccc(O)c(O)c3)c2O)O1. The van der Waals surface area contributed by atoms with Crippen LogP contribution in [-0.4, -0.2) is 26.7 Å². The Hall–Kier alpha value is -2.95. The third kappa shape index (κ3) is 3.45. The predicted molar refractivity (Wildman–Crippen MR) is 94.3 cm³/mol. The zero-order valence-corrected chi connectivity index (χ0v) is 14.1. The van der Waals surface area contributed by atoms with Crippen molar-refractivity contribution in [2.45, 2.75) is 32.3 Å². The number of rotatable bonds is 3. The Morgan fingerprint density at radius 2 is 1.88 bits per heavy atom. The molecule has 0 atom stereocenters. The Morgan fingerprint density at radius 3 is 2.60 bits per heavy atom. The third-order valence-electron chi connectivity index (χ3n) is 4.30. The average Bonchev–Trinajstić information content (AvgIpc) is 2.55. The van der Waals surface area contributed by atoms with E-state index in [1.165, 1.54) is 24.3 Å². The number of phenols is 3. The summed E-state index contributed by atoms with van der Waals surface area (Å²) in [5.74, 6) is -0.267. The molecule has 1 heterocycles. The minimum atomic E-state index is -0.349. The summed E-state index contributed by atoms with van der Waals surface area (Å²) in [4.78, 5) is 12.4. The zero-order valence-electron chi connectivity index (χ0n) is 14.1. The summed E-state index contributed by atoms with van der Waals surface area (Å²) in [6.45, 7) is 3.98. The van der Waals surface area contributed by atoms with Gasteiger partial charge in [-0.15, -0.1) is 0 Å². The maximum atomic E-state index is 12.4. The molecule has 0 bridgehead atoms. The minimum absolute atomic E-state index is 0.0452. The molecule has 0 spiro atoms. The fourth-order valence-corrected chi connectivity index (χ4v) is 2.83. The molecule has 0 saturated carbocycles. The van der Waals surface area contributed by atoms with Crippen molar-refractivity contribution in [3.63, 3.8) is 0 Å². The topological polar surface area (TPSA) is 87.0 Å². The van der Waals surface area contributed by atoms with Crippen LogP contribution < -0.4 is 4.74 Å². The second kappa shape index (κ2) is 6.16. The van der Waals surface area contributed by atoms with Crippen molar-refractivity contribution in [1.82, 2.24) is 0 Å². The van der Waals surface area contributed by atoms with Gasteiger partial charge >= 0.3 is 0 Å². The van der Waals surface area contributed by atoms with E-state index in [1.807, 2.05) is 13.8 Å². The lowest BCUT2D eigenvalue weighted by Gasteiger charge is -2.33. The molecule has 0 fully saturated rings. The molecule has 1 aliphatic heterocycles. The van der Waals surface area contributed by atoms with Gasteiger partial charge in [0.25, 0.3) is 0 Å². The summed E-state index contributed by atoms with van der Waals surface area (Å²) in [5.41, 5.74) is 1.14. The van der Waals surface area contributed by atoms with Crippen molar-refractivity contribution in [3.05, 3.63) is 53.1 Å². The van der Waals surface area contributed by atoms with E-state index in [0.29, 0.717) is 23.3 Å². The Bertz CT molecular complexity index is 865. The first-order chi connectivity index (χ1) is 11.8. The lowest BCUT2D eigenvalue weighted by Crippen LogP contribution is -2.32. The van der Waals surface area contributed by atoms with E-state index < -0.39 is 0 Å². The Balaban J connectivity index is 1.85. The number of phenolic OH excluding ortho intramolecular Hbond substituents is 3. The van der Waals surface area contributed by atoms with Gasteiger partial charge in [0, 0.05) is 5.56 Å². The van der Waals surface area contributed by atoms with Crippen LogP contribution in [0.4, 0.5) is 0 Å². The number of ether oxygens (including phenoxy) is 1. The summed E-state index contributed by atoms with van der Waals surface area (Å²) in [6, 6.07) is 7.53. The Labute approximate surface area is 145 Å². The quantitative estimate of drug-likeness (QED) is 0.449. The summed E-state index contributed by atoms with van der Waals surface area (Å²) in [7, 11) is 0. The van der Waals surface area contributed by atoms with E-state index in [-0.39, 0.29) is 34.2 Å². The maximum Gasteiger partial charge on any atom is 0.189 e. The molecule has 0 saturated heterocycles. The third-order valence-corrected chi connectivity index (χ3v) is 4.30. The Kier molecular flexibility index (Phi) is 4.17. The molecule has 3 N–H and O–H groups in total. The molecular weight excluding hydrogens is 320 g/mol. The molecule has 0 radical (unpaired) electrons. The first-order valence-corrected chi connectivity index (χ1v) is 8.05. The van der Waals surface area contributed by atoms with Crippen LogP contribution in [0, 0.1) is 0 Å². The van der Waals surface area contributed by atoms with Gasteiger partial charge in [0.15, 0.2) is 17.3 Å². The molecule has 2 aromatic rings. The van der Waals surface area contributed by atoms with Crippen molar-refractivity contribution >= 4 is 11.9 Å². The van der Waals surface area contributed by atoms with Crippen molar-refractivity contribution in [2.24, 2.45) is 0 Å². The van der Waals surface area contributed by atoms with Gasteiger partial charge in [-0.2, -0.15) is 0 Å². The largest absolute Gasteiger partial charge is 0.507 e. The highest BCUT2D eigenvalue weighted by Gasteiger charge is 2.29. The lowest BCUT2D eigenvalue weighted by molar-refractivity contribution is 0.0836. The molecule has 5 heteroatoms. The van der Waals surface area contributed by atoms with E-state index in [0.717, 1.165) is 6.42 Å². The number of hydrogen-bond donors (Lipinski definition) is 3. The van der Waals surface area contributed by atoms with Crippen LogP contribution in [0.25, 0.3) is 6.08 Å². The van der Waals surface area contributed by atoms with Gasteiger partial charge < -0.3 is 20.1 Å². The normalized spacial score (nSPS) is 15.6. The van der Waals surface area contributed by atoms with Gasteiger partial charge in [0.05, 0.1) is 5.56 Å². The first kappa shape index (κ1) is 16.9. The van der Waals surface area contributed by atoms with Crippen molar-refractivity contribution < 1.29 is 24.9 Å². The number of allylic oxidation sites excluding steroid dienone is 1. The first-order valence-electron chi connectivity index (χ1n) is 8.05. The van der Waals surface area contributed by atoms with Crippen molar-refractivity contribution in [3.8, 4) is 23.0 Å². The second-order valence-corrected chi connectivity index (χ2v) is 6.75. The standard InChI is InChI=1S/C20H20O5/c1-20(2)10-9-14-18(25-20)8-5-13(19(14)24)15(21)6-3-12-4-7-16(22)17(23)11-12/h3-8,11,22-24H,9-10H2,1-2H3/b6-3+.